The van der Waals surface area contributed by atoms with Gasteiger partial charge in [0.1, 0.15) is 0 Å². The first-order chi connectivity index (χ1) is 2.43. The van der Waals surface area contributed by atoms with Crippen molar-refractivity contribution in [1.82, 2.24) is 0 Å². The van der Waals surface area contributed by atoms with Gasteiger partial charge in [-0.25, -0.2) is 0 Å². The van der Waals surface area contributed by atoms with Gasteiger partial charge in [0.2, 0.25) is 0 Å². The zero-order chi connectivity index (χ0) is 3.70. The Morgan fingerprint density at radius 3 is 2.60 bits per heavy atom. The summed E-state index contributed by atoms with van der Waals surface area (Å²) in [7, 11) is 1.72. The summed E-state index contributed by atoms with van der Waals surface area (Å²) in [5, 5.41) is 0. The molecule has 0 atom stereocenters. The van der Waals surface area contributed by atoms with Crippen molar-refractivity contribution in [2.45, 2.75) is 6.92 Å². The maximum absolute atomic E-state index is 4.93. The summed E-state index contributed by atoms with van der Waals surface area (Å²) in [6.45, 7) is 2.19. The van der Waals surface area contributed by atoms with Crippen molar-refractivity contribution >= 4 is 28.1 Å². The van der Waals surface area contributed by atoms with Crippen molar-refractivity contribution in [2.24, 2.45) is 0 Å². The van der Waals surface area contributed by atoms with E-state index in [1.54, 1.807) is 9.21 Å². The molecular formula is C2H5IOS. The molecule has 5 heavy (non-hydrogen) atoms. The van der Waals surface area contributed by atoms with E-state index in [1.165, 1.54) is 4.43 Å². The molecule has 1 aliphatic heterocycles. The molecule has 1 aliphatic rings. The average Bonchev–Trinajstić information content (AvgIpc) is 2.12. The first kappa shape index (κ1) is 4.21. The molecule has 3 heteroatoms. The van der Waals surface area contributed by atoms with Crippen LogP contribution in [-0.2, 0) is 2.51 Å². The molecule has 0 unspecified atom stereocenters. The number of hydrogen-bond donors (Lipinski definition) is 0. The molecule has 1 heterocycles. The quantitative estimate of drug-likeness (QED) is 0.280. The molecule has 1 rings (SSSR count). The molecule has 0 aromatic rings. The SMILES string of the molecule is CCI1OS1. The van der Waals surface area contributed by atoms with Gasteiger partial charge in [0.05, 0.1) is 0 Å². The fourth-order valence-corrected chi connectivity index (χ4v) is 4.07. The van der Waals surface area contributed by atoms with Gasteiger partial charge in [0.25, 0.3) is 0 Å². The second-order valence-electron chi connectivity index (χ2n) is 0.674. The Labute approximate surface area is 42.1 Å². The van der Waals surface area contributed by atoms with Crippen LogP contribution in [-0.4, -0.2) is 4.43 Å². The Morgan fingerprint density at radius 2 is 2.60 bits per heavy atom. The van der Waals surface area contributed by atoms with E-state index in [4.69, 9.17) is 2.51 Å². The molecule has 0 N–H and O–H groups in total. The van der Waals surface area contributed by atoms with Crippen LogP contribution in [0.3, 0.4) is 0 Å². The predicted molar refractivity (Wildman–Crippen MR) is 33.2 cm³/mol. The second kappa shape index (κ2) is 1.66. The standard InChI is InChI=1S/C2H5IOS/c1-2-3-4-5-3/h2H2,1H3. The number of hydrogen-bond acceptors (Lipinski definition) is 2. The third kappa shape index (κ3) is 1.28. The number of halogens is 1. The molecule has 0 aromatic heterocycles. The normalized spacial score (nSPS) is 27.0. The number of rotatable bonds is 1. The fourth-order valence-electron chi connectivity index (χ4n) is 0.106. The molecule has 0 saturated carbocycles. The van der Waals surface area contributed by atoms with Crippen LogP contribution in [0.1, 0.15) is 6.92 Å². The van der Waals surface area contributed by atoms with Crippen LogP contribution in [0.2, 0.25) is 0 Å². The molecule has 0 radical (unpaired) electrons. The predicted octanol–water partition coefficient (Wildman–Crippen LogP) is 2.02. The zero-order valence-corrected chi connectivity index (χ0v) is 5.88. The van der Waals surface area contributed by atoms with Gasteiger partial charge in [0.15, 0.2) is 0 Å². The van der Waals surface area contributed by atoms with E-state index in [1.807, 2.05) is 0 Å². The first-order valence-electron chi connectivity index (χ1n) is 1.45. The van der Waals surface area contributed by atoms with Crippen molar-refractivity contribution in [3.63, 3.8) is 0 Å². The summed E-state index contributed by atoms with van der Waals surface area (Å²) in [5.41, 5.74) is 0. The van der Waals surface area contributed by atoms with Gasteiger partial charge in [0, 0.05) is 0 Å². The third-order valence-electron chi connectivity index (χ3n) is 0.370. The molecule has 0 amide bonds. The van der Waals surface area contributed by atoms with Crippen molar-refractivity contribution in [2.75, 3.05) is 4.43 Å². The summed E-state index contributed by atoms with van der Waals surface area (Å²) >= 11 is -0.615. The third-order valence-corrected chi connectivity index (χ3v) is 5.99. The van der Waals surface area contributed by atoms with Crippen LogP contribution in [0, 0.1) is 0 Å². The minimum absolute atomic E-state index is 0.615. The van der Waals surface area contributed by atoms with E-state index < -0.39 is 18.8 Å². The summed E-state index contributed by atoms with van der Waals surface area (Å²) in [6, 6.07) is 0. The van der Waals surface area contributed by atoms with Crippen LogP contribution >= 0.6 is 28.1 Å². The molecule has 1 saturated heterocycles. The van der Waals surface area contributed by atoms with E-state index in [0.717, 1.165) is 0 Å². The van der Waals surface area contributed by atoms with E-state index in [9.17, 15) is 0 Å². The Balaban J connectivity index is 2.00. The topological polar surface area (TPSA) is 12.5 Å². The zero-order valence-electron chi connectivity index (χ0n) is 2.90. The van der Waals surface area contributed by atoms with Gasteiger partial charge in [-0.15, -0.1) is 0 Å². The molecule has 0 aromatic carbocycles. The van der Waals surface area contributed by atoms with Crippen LogP contribution in [0.25, 0.3) is 0 Å². The van der Waals surface area contributed by atoms with Crippen LogP contribution in [0.5, 0.6) is 0 Å². The minimum atomic E-state index is -0.615. The molecule has 1 fully saturated rings. The van der Waals surface area contributed by atoms with E-state index in [2.05, 4.69) is 6.92 Å². The molecule has 0 bridgehead atoms. The van der Waals surface area contributed by atoms with Crippen LogP contribution < -0.4 is 0 Å². The Hall–Kier alpha value is 1.04. The second-order valence-corrected chi connectivity index (χ2v) is 8.52. The van der Waals surface area contributed by atoms with E-state index >= 15 is 0 Å². The summed E-state index contributed by atoms with van der Waals surface area (Å²) in [5.74, 6) is 0. The fraction of sp³-hybridized carbons (Fsp3) is 1.00. The maximum atomic E-state index is 4.93. The number of alkyl halides is 1. The van der Waals surface area contributed by atoms with Gasteiger partial charge in [-0.05, 0) is 0 Å². The Kier molecular flexibility index (Phi) is 1.40. The van der Waals surface area contributed by atoms with Gasteiger partial charge in [-0.2, -0.15) is 0 Å². The Bertz CT molecular complexity index is 36.6. The molecular weight excluding hydrogens is 199 g/mol. The van der Waals surface area contributed by atoms with E-state index in [0.29, 0.717) is 0 Å². The summed E-state index contributed by atoms with van der Waals surface area (Å²) < 4.78 is 6.25. The average molecular weight is 204 g/mol. The van der Waals surface area contributed by atoms with Crippen molar-refractivity contribution in [1.29, 1.82) is 0 Å². The molecule has 1 nitrogen and oxygen atoms in total. The van der Waals surface area contributed by atoms with Crippen molar-refractivity contribution in [3.05, 3.63) is 0 Å². The van der Waals surface area contributed by atoms with Crippen LogP contribution in [0.4, 0.5) is 0 Å². The molecule has 0 aliphatic carbocycles. The van der Waals surface area contributed by atoms with Gasteiger partial charge < -0.3 is 0 Å². The summed E-state index contributed by atoms with van der Waals surface area (Å²) in [4.78, 5) is 0. The van der Waals surface area contributed by atoms with E-state index in [-0.39, 0.29) is 0 Å². The van der Waals surface area contributed by atoms with Gasteiger partial charge >= 0.3 is 41.9 Å². The van der Waals surface area contributed by atoms with Gasteiger partial charge in [-0.1, -0.05) is 0 Å². The van der Waals surface area contributed by atoms with Gasteiger partial charge in [-0.3, -0.25) is 0 Å². The first-order valence-corrected chi connectivity index (χ1v) is 7.14. The molecule has 32 valence electrons. The Morgan fingerprint density at radius 1 is 2.00 bits per heavy atom. The van der Waals surface area contributed by atoms with Crippen LogP contribution in [0.15, 0.2) is 0 Å². The summed E-state index contributed by atoms with van der Waals surface area (Å²) in [6.07, 6.45) is 0. The molecule has 0 spiro atoms. The monoisotopic (exact) mass is 204 g/mol. The van der Waals surface area contributed by atoms with Crippen molar-refractivity contribution in [3.8, 4) is 0 Å². The van der Waals surface area contributed by atoms with Crippen molar-refractivity contribution < 1.29 is 2.51 Å².